The Balaban J connectivity index is 1.84. The van der Waals surface area contributed by atoms with Gasteiger partial charge < -0.3 is 34.3 Å². The van der Waals surface area contributed by atoms with Crippen molar-refractivity contribution in [1.29, 1.82) is 0 Å². The maximum atomic E-state index is 12.8. The Bertz CT molecular complexity index is 719. The van der Waals surface area contributed by atoms with Crippen molar-refractivity contribution in [2.24, 2.45) is 0 Å². The normalized spacial score (nSPS) is 34.9. The SMILES string of the molecule is CC(=O)O[C@H](C(=O)O[C@@H]1[C@@H](O)[C@H](O)[C@@H](O)[C@@H]2OC(C)(C)O[C@H]12)c1ccccc1. The van der Waals surface area contributed by atoms with E-state index in [0.717, 1.165) is 6.92 Å². The summed E-state index contributed by atoms with van der Waals surface area (Å²) in [6.45, 7) is 4.36. The van der Waals surface area contributed by atoms with E-state index >= 15 is 0 Å². The van der Waals surface area contributed by atoms with E-state index in [0.29, 0.717) is 5.56 Å². The lowest BCUT2D eigenvalue weighted by molar-refractivity contribution is -0.216. The molecule has 0 spiro atoms. The largest absolute Gasteiger partial charge is 0.454 e. The number of rotatable bonds is 4. The summed E-state index contributed by atoms with van der Waals surface area (Å²) in [6.07, 6.45) is -9.36. The van der Waals surface area contributed by atoms with Gasteiger partial charge in [-0.25, -0.2) is 4.79 Å². The second-order valence-corrected chi connectivity index (χ2v) is 7.34. The predicted octanol–water partition coefficient (Wildman–Crippen LogP) is -0.181. The van der Waals surface area contributed by atoms with Gasteiger partial charge in [-0.15, -0.1) is 0 Å². The fourth-order valence-electron chi connectivity index (χ4n) is 3.50. The van der Waals surface area contributed by atoms with E-state index in [-0.39, 0.29) is 0 Å². The van der Waals surface area contributed by atoms with Gasteiger partial charge in [-0.3, -0.25) is 4.79 Å². The number of fused-ring (bicyclic) bond motifs is 1. The molecule has 2 fully saturated rings. The van der Waals surface area contributed by atoms with Crippen molar-refractivity contribution in [2.45, 2.75) is 69.3 Å². The summed E-state index contributed by atoms with van der Waals surface area (Å²) in [4.78, 5) is 24.2. The first-order chi connectivity index (χ1) is 13.1. The lowest BCUT2D eigenvalue weighted by Gasteiger charge is -2.40. The molecular weight excluding hydrogens is 372 g/mol. The predicted molar refractivity (Wildman–Crippen MR) is 92.7 cm³/mol. The first-order valence-electron chi connectivity index (χ1n) is 8.93. The second-order valence-electron chi connectivity index (χ2n) is 7.34. The number of carbonyl (C=O) groups excluding carboxylic acids is 2. The van der Waals surface area contributed by atoms with Gasteiger partial charge in [-0.05, 0) is 13.8 Å². The lowest BCUT2D eigenvalue weighted by atomic mass is 9.85. The zero-order chi connectivity index (χ0) is 20.6. The smallest absolute Gasteiger partial charge is 0.352 e. The molecule has 1 aromatic rings. The first kappa shape index (κ1) is 20.7. The Hall–Kier alpha value is -2.04. The third-order valence-electron chi connectivity index (χ3n) is 4.71. The molecule has 1 aliphatic heterocycles. The Labute approximate surface area is 161 Å². The minimum atomic E-state index is -1.62. The van der Waals surface area contributed by atoms with E-state index < -0.39 is 60.5 Å². The molecule has 0 amide bonds. The first-order valence-corrected chi connectivity index (χ1v) is 8.93. The van der Waals surface area contributed by atoms with Gasteiger partial charge in [0, 0.05) is 12.5 Å². The van der Waals surface area contributed by atoms with Crippen LogP contribution >= 0.6 is 0 Å². The number of aliphatic hydroxyl groups is 3. The van der Waals surface area contributed by atoms with Crippen molar-refractivity contribution < 1.29 is 43.9 Å². The molecule has 1 saturated heterocycles. The zero-order valence-corrected chi connectivity index (χ0v) is 15.7. The van der Waals surface area contributed by atoms with Crippen LogP contribution in [0.1, 0.15) is 32.4 Å². The molecule has 0 bridgehead atoms. The van der Waals surface area contributed by atoms with Gasteiger partial charge in [-0.2, -0.15) is 0 Å². The van der Waals surface area contributed by atoms with Gasteiger partial charge in [0.2, 0.25) is 6.10 Å². The highest BCUT2D eigenvalue weighted by molar-refractivity contribution is 5.80. The summed E-state index contributed by atoms with van der Waals surface area (Å²) in [5.41, 5.74) is 0.383. The Morgan fingerprint density at radius 1 is 1.00 bits per heavy atom. The van der Waals surface area contributed by atoms with Crippen LogP contribution in [0.2, 0.25) is 0 Å². The Morgan fingerprint density at radius 2 is 1.61 bits per heavy atom. The Morgan fingerprint density at radius 3 is 2.21 bits per heavy atom. The molecule has 1 aromatic carbocycles. The summed E-state index contributed by atoms with van der Waals surface area (Å²) in [5.74, 6) is -2.74. The van der Waals surface area contributed by atoms with Gasteiger partial charge in [0.1, 0.15) is 30.5 Å². The second kappa shape index (κ2) is 7.76. The van der Waals surface area contributed by atoms with Gasteiger partial charge in [0.25, 0.3) is 0 Å². The molecule has 1 aliphatic carbocycles. The summed E-state index contributed by atoms with van der Waals surface area (Å²) in [5, 5.41) is 30.7. The van der Waals surface area contributed by atoms with Crippen LogP contribution in [0.3, 0.4) is 0 Å². The maximum Gasteiger partial charge on any atom is 0.352 e. The number of hydrogen-bond acceptors (Lipinski definition) is 9. The third kappa shape index (κ3) is 4.03. The molecular formula is C19H24O9. The fourth-order valence-corrected chi connectivity index (χ4v) is 3.50. The maximum absolute atomic E-state index is 12.8. The summed E-state index contributed by atoms with van der Waals surface area (Å²) >= 11 is 0. The average Bonchev–Trinajstić information content (AvgIpc) is 2.97. The molecule has 0 unspecified atom stereocenters. The number of carbonyl (C=O) groups is 2. The number of aliphatic hydroxyl groups excluding tert-OH is 3. The molecule has 9 nitrogen and oxygen atoms in total. The monoisotopic (exact) mass is 396 g/mol. The van der Waals surface area contributed by atoms with E-state index in [1.54, 1.807) is 44.2 Å². The zero-order valence-electron chi connectivity index (χ0n) is 15.7. The molecule has 3 N–H and O–H groups in total. The van der Waals surface area contributed by atoms with Crippen LogP contribution in [-0.4, -0.2) is 69.7 Å². The quantitative estimate of drug-likeness (QED) is 0.593. The lowest BCUT2D eigenvalue weighted by Crippen LogP contribution is -2.63. The van der Waals surface area contributed by atoms with Crippen molar-refractivity contribution in [2.75, 3.05) is 0 Å². The van der Waals surface area contributed by atoms with Crippen molar-refractivity contribution in [3.05, 3.63) is 35.9 Å². The van der Waals surface area contributed by atoms with E-state index in [9.17, 15) is 24.9 Å². The highest BCUT2D eigenvalue weighted by Crippen LogP contribution is 2.39. The molecule has 1 heterocycles. The third-order valence-corrected chi connectivity index (χ3v) is 4.71. The molecule has 28 heavy (non-hydrogen) atoms. The van der Waals surface area contributed by atoms with Crippen LogP contribution < -0.4 is 0 Å². The van der Waals surface area contributed by atoms with Crippen molar-refractivity contribution in [3.8, 4) is 0 Å². The molecule has 0 radical (unpaired) electrons. The number of esters is 2. The molecule has 7 atom stereocenters. The minimum absolute atomic E-state index is 0.383. The molecule has 1 saturated carbocycles. The Kier molecular flexibility index (Phi) is 5.74. The van der Waals surface area contributed by atoms with Crippen LogP contribution in [-0.2, 0) is 28.5 Å². The van der Waals surface area contributed by atoms with Crippen molar-refractivity contribution in [1.82, 2.24) is 0 Å². The number of ether oxygens (including phenoxy) is 4. The molecule has 2 aliphatic rings. The molecule has 154 valence electrons. The van der Waals surface area contributed by atoms with E-state index in [4.69, 9.17) is 18.9 Å². The highest BCUT2D eigenvalue weighted by atomic mass is 16.8. The van der Waals surface area contributed by atoms with Gasteiger partial charge >= 0.3 is 11.9 Å². The van der Waals surface area contributed by atoms with Crippen LogP contribution in [0.5, 0.6) is 0 Å². The molecule has 0 aromatic heterocycles. The number of benzene rings is 1. The van der Waals surface area contributed by atoms with Crippen LogP contribution in [0, 0.1) is 0 Å². The van der Waals surface area contributed by atoms with Gasteiger partial charge in [0.15, 0.2) is 11.9 Å². The van der Waals surface area contributed by atoms with Crippen molar-refractivity contribution in [3.63, 3.8) is 0 Å². The summed E-state index contributed by atoms with van der Waals surface area (Å²) in [6, 6.07) is 8.25. The van der Waals surface area contributed by atoms with Gasteiger partial charge in [0.05, 0.1) is 0 Å². The fraction of sp³-hybridized carbons (Fsp3) is 0.579. The minimum Gasteiger partial charge on any atom is -0.454 e. The van der Waals surface area contributed by atoms with E-state index in [2.05, 4.69) is 0 Å². The van der Waals surface area contributed by atoms with Crippen LogP contribution in [0.15, 0.2) is 30.3 Å². The topological polar surface area (TPSA) is 132 Å². The van der Waals surface area contributed by atoms with Crippen LogP contribution in [0.4, 0.5) is 0 Å². The van der Waals surface area contributed by atoms with Crippen molar-refractivity contribution >= 4 is 11.9 Å². The summed E-state index contributed by atoms with van der Waals surface area (Å²) < 4.78 is 21.8. The molecule has 9 heteroatoms. The summed E-state index contributed by atoms with van der Waals surface area (Å²) in [7, 11) is 0. The van der Waals surface area contributed by atoms with Crippen LogP contribution in [0.25, 0.3) is 0 Å². The molecule has 3 rings (SSSR count). The van der Waals surface area contributed by atoms with E-state index in [1.807, 2.05) is 0 Å². The standard InChI is InChI=1S/C19H24O9/c1-9(20)25-14(10-7-5-4-6-8-10)18(24)26-15-12(22)11(21)13(23)16-17(15)28-19(2,3)27-16/h4-8,11-17,21-23H,1-3H3/t11-,12-,13+,14-,15+,16-,17+/m0/s1. The van der Waals surface area contributed by atoms with Gasteiger partial charge in [-0.1, -0.05) is 30.3 Å². The highest BCUT2D eigenvalue weighted by Gasteiger charge is 2.59. The average molecular weight is 396 g/mol. The number of hydrogen-bond donors (Lipinski definition) is 3. The van der Waals surface area contributed by atoms with E-state index in [1.165, 1.54) is 0 Å².